The molecule has 0 spiro atoms. The number of rotatable bonds is 7. The first-order chi connectivity index (χ1) is 14.8. The maximum atomic E-state index is 12.8. The number of anilines is 1. The van der Waals surface area contributed by atoms with Crippen molar-refractivity contribution < 1.29 is 19.1 Å². The van der Waals surface area contributed by atoms with E-state index in [0.717, 1.165) is 11.1 Å². The molecule has 3 aromatic rings. The maximum absolute atomic E-state index is 12.8. The molecule has 1 amide bonds. The first-order valence-corrected chi connectivity index (χ1v) is 11.2. The van der Waals surface area contributed by atoms with E-state index in [-0.39, 0.29) is 6.61 Å². The highest BCUT2D eigenvalue weighted by atomic mass is 35.5. The number of hydrogen-bond acceptors (Lipinski definition) is 5. The minimum Gasteiger partial charge on any atom is -0.479 e. The lowest BCUT2D eigenvalue weighted by Gasteiger charge is -2.16. The summed E-state index contributed by atoms with van der Waals surface area (Å²) in [4.78, 5) is 25.4. The van der Waals surface area contributed by atoms with Crippen LogP contribution in [0, 0.1) is 6.92 Å². The van der Waals surface area contributed by atoms with Gasteiger partial charge in [0.2, 0.25) is 0 Å². The fraction of sp³-hybridized carbons (Fsp3) is 0.217. The Hall–Kier alpha value is -2.54. The van der Waals surface area contributed by atoms with Crippen LogP contribution in [0.1, 0.15) is 29.8 Å². The number of carbonyl (C=O) groups is 2. The van der Waals surface area contributed by atoms with Gasteiger partial charge in [0.25, 0.3) is 5.91 Å². The first-order valence-electron chi connectivity index (χ1n) is 9.58. The minimum absolute atomic E-state index is 0.226. The van der Waals surface area contributed by atoms with Crippen LogP contribution >= 0.6 is 34.5 Å². The summed E-state index contributed by atoms with van der Waals surface area (Å²) in [6, 6.07) is 12.5. The molecule has 8 heteroatoms. The summed E-state index contributed by atoms with van der Waals surface area (Å²) >= 11 is 13.3. The van der Waals surface area contributed by atoms with E-state index in [4.69, 9.17) is 32.7 Å². The van der Waals surface area contributed by atoms with Gasteiger partial charge >= 0.3 is 5.97 Å². The summed E-state index contributed by atoms with van der Waals surface area (Å²) < 4.78 is 10.9. The van der Waals surface area contributed by atoms with E-state index in [0.29, 0.717) is 31.9 Å². The first kappa shape index (κ1) is 23.1. The van der Waals surface area contributed by atoms with Crippen molar-refractivity contribution in [3.8, 4) is 16.9 Å². The number of ether oxygens (including phenoxy) is 2. The van der Waals surface area contributed by atoms with Gasteiger partial charge in [-0.25, -0.2) is 4.79 Å². The Morgan fingerprint density at radius 1 is 1.13 bits per heavy atom. The minimum atomic E-state index is -0.862. The molecule has 1 atom stereocenters. The van der Waals surface area contributed by atoms with Crippen molar-refractivity contribution in [3.63, 3.8) is 0 Å². The van der Waals surface area contributed by atoms with E-state index in [1.54, 1.807) is 26.0 Å². The molecule has 0 aliphatic carbocycles. The van der Waals surface area contributed by atoms with Gasteiger partial charge in [0.15, 0.2) is 6.10 Å². The lowest BCUT2D eigenvalue weighted by molar-refractivity contribution is -0.122. The molecular weight excluding hydrogens is 457 g/mol. The molecule has 5 nitrogen and oxygen atoms in total. The normalized spacial score (nSPS) is 11.6. The van der Waals surface area contributed by atoms with Crippen molar-refractivity contribution in [1.82, 2.24) is 0 Å². The Bertz CT molecular complexity index is 1100. The van der Waals surface area contributed by atoms with E-state index < -0.39 is 18.0 Å². The smallest absolute Gasteiger partial charge is 0.341 e. The Kier molecular flexibility index (Phi) is 7.59. The highest BCUT2D eigenvalue weighted by Crippen LogP contribution is 2.36. The van der Waals surface area contributed by atoms with Crippen LogP contribution in [0.25, 0.3) is 11.1 Å². The summed E-state index contributed by atoms with van der Waals surface area (Å²) in [6.45, 7) is 5.55. The van der Waals surface area contributed by atoms with Gasteiger partial charge < -0.3 is 14.8 Å². The Morgan fingerprint density at radius 3 is 2.48 bits per heavy atom. The lowest BCUT2D eigenvalue weighted by atomic mass is 10.0. The molecule has 0 fully saturated rings. The highest BCUT2D eigenvalue weighted by molar-refractivity contribution is 7.15. The van der Waals surface area contributed by atoms with Crippen molar-refractivity contribution in [1.29, 1.82) is 0 Å². The van der Waals surface area contributed by atoms with Gasteiger partial charge in [-0.15, -0.1) is 11.3 Å². The molecule has 1 aromatic heterocycles. The van der Waals surface area contributed by atoms with Gasteiger partial charge in [0, 0.05) is 16.0 Å². The molecule has 1 unspecified atom stereocenters. The zero-order valence-electron chi connectivity index (χ0n) is 17.2. The summed E-state index contributed by atoms with van der Waals surface area (Å²) in [7, 11) is 0. The van der Waals surface area contributed by atoms with Crippen LogP contribution in [-0.2, 0) is 9.53 Å². The van der Waals surface area contributed by atoms with Crippen molar-refractivity contribution in [2.24, 2.45) is 0 Å². The van der Waals surface area contributed by atoms with E-state index >= 15 is 0 Å². The molecule has 0 aliphatic rings. The van der Waals surface area contributed by atoms with E-state index in [2.05, 4.69) is 5.32 Å². The number of thiophene rings is 1. The third-order valence-electron chi connectivity index (χ3n) is 4.44. The topological polar surface area (TPSA) is 64.6 Å². The van der Waals surface area contributed by atoms with Crippen LogP contribution < -0.4 is 10.1 Å². The van der Waals surface area contributed by atoms with Gasteiger partial charge in [-0.2, -0.15) is 0 Å². The number of aryl methyl sites for hydroxylation is 1. The maximum Gasteiger partial charge on any atom is 0.341 e. The third-order valence-corrected chi connectivity index (χ3v) is 5.86. The van der Waals surface area contributed by atoms with Crippen LogP contribution in [0.3, 0.4) is 0 Å². The predicted molar refractivity (Wildman–Crippen MR) is 126 cm³/mol. The summed E-state index contributed by atoms with van der Waals surface area (Å²) in [6.07, 6.45) is -0.862. The van der Waals surface area contributed by atoms with Crippen LogP contribution in [0.15, 0.2) is 47.8 Å². The quantitative estimate of drug-likeness (QED) is 0.388. The fourth-order valence-electron chi connectivity index (χ4n) is 2.83. The largest absolute Gasteiger partial charge is 0.479 e. The van der Waals surface area contributed by atoms with Crippen LogP contribution in [-0.4, -0.2) is 24.6 Å². The zero-order chi connectivity index (χ0) is 22.5. The van der Waals surface area contributed by atoms with Gasteiger partial charge in [-0.3, -0.25) is 4.79 Å². The number of benzene rings is 2. The average Bonchev–Trinajstić information content (AvgIpc) is 3.14. The van der Waals surface area contributed by atoms with Crippen molar-refractivity contribution >= 4 is 51.4 Å². The fourth-order valence-corrected chi connectivity index (χ4v) is 4.24. The molecule has 0 saturated carbocycles. The number of amides is 1. The molecule has 1 N–H and O–H groups in total. The molecule has 162 valence electrons. The van der Waals surface area contributed by atoms with Crippen LogP contribution in [0.4, 0.5) is 5.00 Å². The second kappa shape index (κ2) is 10.2. The standard InChI is InChI=1S/C23H21Cl2NO4S/c1-4-29-23(28)20-17(15-7-5-13(2)6-8-15)12-31-22(20)26-21(27)14(3)30-19-10-9-16(24)11-18(19)25/h5-12,14H,4H2,1-3H3,(H,26,27). The van der Waals surface area contributed by atoms with Gasteiger partial charge in [-0.05, 0) is 44.5 Å². The predicted octanol–water partition coefficient (Wildman–Crippen LogP) is 6.61. The summed E-state index contributed by atoms with van der Waals surface area (Å²) in [5.41, 5.74) is 2.99. The second-order valence-corrected chi connectivity index (χ2v) is 8.49. The van der Waals surface area contributed by atoms with Gasteiger partial charge in [-0.1, -0.05) is 53.0 Å². The summed E-state index contributed by atoms with van der Waals surface area (Å²) in [5, 5.41) is 5.79. The van der Waals surface area contributed by atoms with Crippen molar-refractivity contribution in [2.75, 3.05) is 11.9 Å². The molecule has 0 saturated heterocycles. The number of hydrogen-bond donors (Lipinski definition) is 1. The average molecular weight is 478 g/mol. The number of halogens is 2. The van der Waals surface area contributed by atoms with Crippen LogP contribution in [0.5, 0.6) is 5.75 Å². The third kappa shape index (κ3) is 5.58. The zero-order valence-corrected chi connectivity index (χ0v) is 19.5. The number of carbonyl (C=O) groups excluding carboxylic acids is 2. The molecular formula is C23H21Cl2NO4S. The molecule has 31 heavy (non-hydrogen) atoms. The van der Waals surface area contributed by atoms with Crippen molar-refractivity contribution in [3.05, 3.63) is 69.0 Å². The number of esters is 1. The van der Waals surface area contributed by atoms with Crippen molar-refractivity contribution in [2.45, 2.75) is 26.9 Å². The lowest BCUT2D eigenvalue weighted by Crippen LogP contribution is -2.30. The summed E-state index contributed by atoms with van der Waals surface area (Å²) in [5.74, 6) is -0.580. The van der Waals surface area contributed by atoms with E-state index in [1.165, 1.54) is 17.4 Å². The van der Waals surface area contributed by atoms with Crippen LogP contribution in [0.2, 0.25) is 10.0 Å². The monoisotopic (exact) mass is 477 g/mol. The Morgan fingerprint density at radius 2 is 1.84 bits per heavy atom. The van der Waals surface area contributed by atoms with E-state index in [9.17, 15) is 9.59 Å². The Labute approximate surface area is 194 Å². The number of nitrogens with one attached hydrogen (secondary N) is 1. The molecule has 0 aliphatic heterocycles. The molecule has 0 bridgehead atoms. The molecule has 0 radical (unpaired) electrons. The SMILES string of the molecule is CCOC(=O)c1c(-c2ccc(C)cc2)csc1NC(=O)C(C)Oc1ccc(Cl)cc1Cl. The highest BCUT2D eigenvalue weighted by Gasteiger charge is 2.25. The molecule has 2 aromatic carbocycles. The molecule has 3 rings (SSSR count). The van der Waals surface area contributed by atoms with Gasteiger partial charge in [0.05, 0.1) is 11.6 Å². The van der Waals surface area contributed by atoms with E-state index in [1.807, 2.05) is 36.6 Å². The second-order valence-electron chi connectivity index (χ2n) is 6.76. The molecule has 1 heterocycles. The Balaban J connectivity index is 1.85. The van der Waals surface area contributed by atoms with Gasteiger partial charge in [0.1, 0.15) is 16.3 Å².